The van der Waals surface area contributed by atoms with E-state index in [-0.39, 0.29) is 0 Å². The van der Waals surface area contributed by atoms with Gasteiger partial charge in [-0.05, 0) is 48.3 Å². The van der Waals surface area contributed by atoms with Crippen LogP contribution in [0.15, 0.2) is 0 Å². The third-order valence-electron chi connectivity index (χ3n) is 6.03. The monoisotopic (exact) mass is 208 g/mol. The van der Waals surface area contributed by atoms with Crippen molar-refractivity contribution < 1.29 is 0 Å². The van der Waals surface area contributed by atoms with Crippen LogP contribution in [-0.4, -0.2) is 0 Å². The van der Waals surface area contributed by atoms with Crippen LogP contribution in [0.5, 0.6) is 0 Å². The second-order valence-electron chi connectivity index (χ2n) is 6.81. The molecule has 0 bridgehead atoms. The van der Waals surface area contributed by atoms with Gasteiger partial charge in [0.1, 0.15) is 0 Å². The molecule has 0 spiro atoms. The Kier molecular flexibility index (Phi) is 2.90. The van der Waals surface area contributed by atoms with Gasteiger partial charge < -0.3 is 0 Å². The fourth-order valence-corrected chi connectivity index (χ4v) is 4.74. The minimum atomic E-state index is 0.689. The molecule has 2 fully saturated rings. The van der Waals surface area contributed by atoms with Gasteiger partial charge in [-0.3, -0.25) is 0 Å². The Morgan fingerprint density at radius 1 is 0.800 bits per heavy atom. The molecule has 0 aromatic heterocycles. The Bertz CT molecular complexity index is 230. The van der Waals surface area contributed by atoms with E-state index < -0.39 is 0 Å². The first-order chi connectivity index (χ1) is 7.02. The minimum absolute atomic E-state index is 0.689. The van der Waals surface area contributed by atoms with Crippen molar-refractivity contribution in [2.75, 3.05) is 0 Å². The zero-order valence-electron chi connectivity index (χ0n) is 11.1. The molecule has 2 aliphatic rings. The van der Waals surface area contributed by atoms with Crippen LogP contribution >= 0.6 is 0 Å². The Labute approximate surface area is 95.8 Å². The molecular formula is C15H28. The van der Waals surface area contributed by atoms with Crippen molar-refractivity contribution in [3.8, 4) is 0 Å². The number of hydrogen-bond donors (Lipinski definition) is 0. The lowest BCUT2D eigenvalue weighted by molar-refractivity contribution is -0.0341. The van der Waals surface area contributed by atoms with E-state index in [1.807, 2.05) is 0 Å². The maximum atomic E-state index is 2.60. The van der Waals surface area contributed by atoms with Crippen molar-refractivity contribution in [2.45, 2.75) is 72.6 Å². The summed E-state index contributed by atoms with van der Waals surface area (Å²) in [6.45, 7) is 9.97. The maximum absolute atomic E-state index is 2.60. The van der Waals surface area contributed by atoms with E-state index in [1.165, 1.54) is 44.9 Å². The summed E-state index contributed by atoms with van der Waals surface area (Å²) >= 11 is 0. The van der Waals surface area contributed by atoms with Gasteiger partial charge in [-0.1, -0.05) is 47.0 Å². The standard InChI is InChI=1S/C15H28/c1-12(2)13(3)15-10-6-5-8-14(15,4)9-7-11-15/h12-13H,5-11H2,1-4H3. The molecule has 2 saturated carbocycles. The van der Waals surface area contributed by atoms with Crippen LogP contribution < -0.4 is 0 Å². The van der Waals surface area contributed by atoms with E-state index in [9.17, 15) is 0 Å². The predicted octanol–water partition coefficient (Wildman–Crippen LogP) is 5.03. The summed E-state index contributed by atoms with van der Waals surface area (Å²) in [4.78, 5) is 0. The molecular weight excluding hydrogens is 180 g/mol. The topological polar surface area (TPSA) is 0 Å². The summed E-state index contributed by atoms with van der Waals surface area (Å²) in [5.74, 6) is 1.78. The fourth-order valence-electron chi connectivity index (χ4n) is 4.74. The summed E-state index contributed by atoms with van der Waals surface area (Å²) in [6.07, 6.45) is 10.5. The van der Waals surface area contributed by atoms with Crippen LogP contribution in [0.4, 0.5) is 0 Å². The molecule has 15 heavy (non-hydrogen) atoms. The molecule has 0 N–H and O–H groups in total. The van der Waals surface area contributed by atoms with Gasteiger partial charge in [-0.2, -0.15) is 0 Å². The Morgan fingerprint density at radius 3 is 2.00 bits per heavy atom. The first-order valence-electron chi connectivity index (χ1n) is 7.02. The largest absolute Gasteiger partial charge is 0.0625 e. The molecule has 0 saturated heterocycles. The molecule has 3 unspecified atom stereocenters. The molecule has 0 nitrogen and oxygen atoms in total. The fraction of sp³-hybridized carbons (Fsp3) is 1.00. The molecule has 2 aliphatic carbocycles. The maximum Gasteiger partial charge on any atom is -0.0215 e. The van der Waals surface area contributed by atoms with Crippen molar-refractivity contribution in [3.05, 3.63) is 0 Å². The molecule has 0 radical (unpaired) electrons. The number of rotatable bonds is 2. The van der Waals surface area contributed by atoms with Gasteiger partial charge in [0.2, 0.25) is 0 Å². The Morgan fingerprint density at radius 2 is 1.33 bits per heavy atom. The minimum Gasteiger partial charge on any atom is -0.0625 e. The zero-order valence-corrected chi connectivity index (χ0v) is 11.1. The average Bonchev–Trinajstić information content (AvgIpc) is 2.54. The van der Waals surface area contributed by atoms with Gasteiger partial charge in [-0.15, -0.1) is 0 Å². The first kappa shape index (κ1) is 11.5. The van der Waals surface area contributed by atoms with E-state index in [0.29, 0.717) is 10.8 Å². The lowest BCUT2D eigenvalue weighted by Gasteiger charge is -2.53. The van der Waals surface area contributed by atoms with E-state index in [1.54, 1.807) is 0 Å². The van der Waals surface area contributed by atoms with Crippen LogP contribution in [0.1, 0.15) is 72.6 Å². The average molecular weight is 208 g/mol. The van der Waals surface area contributed by atoms with Crippen LogP contribution in [-0.2, 0) is 0 Å². The summed E-state index contributed by atoms with van der Waals surface area (Å²) in [5.41, 5.74) is 1.40. The lowest BCUT2D eigenvalue weighted by Crippen LogP contribution is -2.44. The third kappa shape index (κ3) is 1.56. The Hall–Kier alpha value is 0. The predicted molar refractivity (Wildman–Crippen MR) is 66.9 cm³/mol. The first-order valence-corrected chi connectivity index (χ1v) is 7.02. The van der Waals surface area contributed by atoms with Crippen molar-refractivity contribution in [3.63, 3.8) is 0 Å². The summed E-state index contributed by atoms with van der Waals surface area (Å²) in [7, 11) is 0. The molecule has 88 valence electrons. The van der Waals surface area contributed by atoms with Crippen LogP contribution in [0.2, 0.25) is 0 Å². The van der Waals surface area contributed by atoms with Crippen LogP contribution in [0.25, 0.3) is 0 Å². The third-order valence-corrected chi connectivity index (χ3v) is 6.03. The van der Waals surface area contributed by atoms with Crippen molar-refractivity contribution in [1.82, 2.24) is 0 Å². The molecule has 0 aromatic carbocycles. The van der Waals surface area contributed by atoms with Gasteiger partial charge in [0.15, 0.2) is 0 Å². The van der Waals surface area contributed by atoms with E-state index in [2.05, 4.69) is 27.7 Å². The second kappa shape index (κ2) is 3.79. The molecule has 0 aliphatic heterocycles. The summed E-state index contributed by atoms with van der Waals surface area (Å²) < 4.78 is 0. The number of hydrogen-bond acceptors (Lipinski definition) is 0. The SMILES string of the molecule is CC(C)C(C)C12CCCCC1(C)CCC2. The highest BCUT2D eigenvalue weighted by atomic mass is 14.6. The molecule has 2 rings (SSSR count). The molecule has 0 amide bonds. The highest BCUT2D eigenvalue weighted by Gasteiger charge is 2.55. The van der Waals surface area contributed by atoms with Gasteiger partial charge in [0.25, 0.3) is 0 Å². The molecule has 0 heteroatoms. The summed E-state index contributed by atoms with van der Waals surface area (Å²) in [6, 6.07) is 0. The zero-order chi connectivity index (χ0) is 11.1. The lowest BCUT2D eigenvalue weighted by atomic mass is 9.52. The second-order valence-corrected chi connectivity index (χ2v) is 6.81. The molecule has 0 aromatic rings. The molecule has 0 heterocycles. The van der Waals surface area contributed by atoms with Crippen LogP contribution in [0.3, 0.4) is 0 Å². The highest BCUT2D eigenvalue weighted by molar-refractivity contribution is 5.05. The van der Waals surface area contributed by atoms with Crippen molar-refractivity contribution >= 4 is 0 Å². The van der Waals surface area contributed by atoms with Crippen LogP contribution in [0, 0.1) is 22.7 Å². The van der Waals surface area contributed by atoms with Crippen molar-refractivity contribution in [1.29, 1.82) is 0 Å². The molecule has 3 atom stereocenters. The van der Waals surface area contributed by atoms with Gasteiger partial charge in [-0.25, -0.2) is 0 Å². The summed E-state index contributed by atoms with van der Waals surface area (Å²) in [5, 5.41) is 0. The van der Waals surface area contributed by atoms with E-state index in [0.717, 1.165) is 11.8 Å². The van der Waals surface area contributed by atoms with Gasteiger partial charge in [0.05, 0.1) is 0 Å². The van der Waals surface area contributed by atoms with Gasteiger partial charge in [0, 0.05) is 0 Å². The highest BCUT2D eigenvalue weighted by Crippen LogP contribution is 2.65. The number of fused-ring (bicyclic) bond motifs is 1. The smallest absolute Gasteiger partial charge is 0.0215 e. The van der Waals surface area contributed by atoms with Crippen molar-refractivity contribution in [2.24, 2.45) is 22.7 Å². The van der Waals surface area contributed by atoms with Gasteiger partial charge >= 0.3 is 0 Å². The Balaban J connectivity index is 2.29. The normalized spacial score (nSPS) is 43.0. The van der Waals surface area contributed by atoms with E-state index in [4.69, 9.17) is 0 Å². The quantitative estimate of drug-likeness (QED) is 0.597. The van der Waals surface area contributed by atoms with E-state index >= 15 is 0 Å².